The highest BCUT2D eigenvalue weighted by molar-refractivity contribution is 5.69. The number of esters is 2. The summed E-state index contributed by atoms with van der Waals surface area (Å²) in [4.78, 5) is 23.2. The SMILES string of the molecule is CCCCCCCc1ccc(C=C(Cc2ccccc2)C(OC(C)=O)OC(C)=O)cc1. The zero-order valence-corrected chi connectivity index (χ0v) is 18.9. The molecule has 2 aromatic rings. The number of aryl methyl sites for hydroxylation is 1. The standard InChI is InChI=1S/C27H34O4/c1-4-5-6-7-9-12-23-15-17-25(18-16-23)20-26(19-24-13-10-8-11-14-24)27(30-21(2)28)31-22(3)29/h8,10-11,13-18,20,27H,4-7,9,12,19H2,1-3H3. The summed E-state index contributed by atoms with van der Waals surface area (Å²) in [6.45, 7) is 4.85. The average Bonchev–Trinajstić information content (AvgIpc) is 2.74. The van der Waals surface area contributed by atoms with E-state index in [9.17, 15) is 9.59 Å². The van der Waals surface area contributed by atoms with E-state index in [0.717, 1.165) is 17.5 Å². The molecule has 0 bridgehead atoms. The Hall–Kier alpha value is -2.88. The average molecular weight is 423 g/mol. The van der Waals surface area contributed by atoms with Gasteiger partial charge in [-0.05, 0) is 35.6 Å². The largest absolute Gasteiger partial charge is 0.421 e. The van der Waals surface area contributed by atoms with Crippen LogP contribution in [0.5, 0.6) is 0 Å². The molecule has 2 rings (SSSR count). The maximum atomic E-state index is 11.6. The van der Waals surface area contributed by atoms with Gasteiger partial charge in [0.15, 0.2) is 0 Å². The van der Waals surface area contributed by atoms with E-state index in [1.807, 2.05) is 36.4 Å². The summed E-state index contributed by atoms with van der Waals surface area (Å²) in [5.74, 6) is -0.993. The Balaban J connectivity index is 2.19. The van der Waals surface area contributed by atoms with Gasteiger partial charge in [-0.3, -0.25) is 9.59 Å². The third kappa shape index (κ3) is 9.65. The van der Waals surface area contributed by atoms with Crippen molar-refractivity contribution in [2.75, 3.05) is 0 Å². The minimum atomic E-state index is -1.05. The number of carbonyl (C=O) groups is 2. The van der Waals surface area contributed by atoms with Crippen molar-refractivity contribution in [2.24, 2.45) is 0 Å². The Kier molecular flexibility index (Phi) is 10.6. The van der Waals surface area contributed by atoms with Gasteiger partial charge in [-0.1, -0.05) is 87.2 Å². The number of unbranched alkanes of at least 4 members (excludes halogenated alkanes) is 4. The molecule has 166 valence electrons. The molecule has 0 atom stereocenters. The third-order valence-corrected chi connectivity index (χ3v) is 5.00. The van der Waals surface area contributed by atoms with E-state index in [1.165, 1.54) is 51.5 Å². The van der Waals surface area contributed by atoms with Crippen LogP contribution in [0.15, 0.2) is 60.2 Å². The van der Waals surface area contributed by atoms with Gasteiger partial charge in [0.25, 0.3) is 6.29 Å². The Morgan fingerprint density at radius 2 is 1.42 bits per heavy atom. The van der Waals surface area contributed by atoms with E-state index < -0.39 is 18.2 Å². The molecule has 4 nitrogen and oxygen atoms in total. The lowest BCUT2D eigenvalue weighted by Crippen LogP contribution is -2.25. The van der Waals surface area contributed by atoms with Crippen molar-refractivity contribution < 1.29 is 19.1 Å². The topological polar surface area (TPSA) is 52.6 Å². The maximum Gasteiger partial charge on any atom is 0.305 e. The van der Waals surface area contributed by atoms with Gasteiger partial charge in [0.2, 0.25) is 0 Å². The third-order valence-electron chi connectivity index (χ3n) is 5.00. The molecule has 0 aliphatic heterocycles. The molecule has 0 aliphatic carbocycles. The fourth-order valence-corrected chi connectivity index (χ4v) is 3.44. The minimum Gasteiger partial charge on any atom is -0.421 e. The van der Waals surface area contributed by atoms with Gasteiger partial charge in [0.1, 0.15) is 0 Å². The molecule has 0 aliphatic rings. The molecule has 31 heavy (non-hydrogen) atoms. The highest BCUT2D eigenvalue weighted by Gasteiger charge is 2.21. The Bertz CT molecular complexity index is 821. The van der Waals surface area contributed by atoms with Crippen molar-refractivity contribution in [1.29, 1.82) is 0 Å². The summed E-state index contributed by atoms with van der Waals surface area (Å²) in [5, 5.41) is 0. The van der Waals surface area contributed by atoms with Crippen LogP contribution in [-0.4, -0.2) is 18.2 Å². The molecule has 0 radical (unpaired) electrons. The monoisotopic (exact) mass is 422 g/mol. The van der Waals surface area contributed by atoms with Crippen molar-refractivity contribution in [2.45, 2.75) is 72.0 Å². The number of carbonyl (C=O) groups excluding carboxylic acids is 2. The predicted molar refractivity (Wildman–Crippen MR) is 124 cm³/mol. The molecule has 0 spiro atoms. The van der Waals surface area contributed by atoms with Gasteiger partial charge in [-0.15, -0.1) is 0 Å². The maximum absolute atomic E-state index is 11.6. The lowest BCUT2D eigenvalue weighted by atomic mass is 10.00. The number of ether oxygens (including phenoxy) is 2. The summed E-state index contributed by atoms with van der Waals surface area (Å²) in [5.41, 5.74) is 4.05. The van der Waals surface area contributed by atoms with E-state index >= 15 is 0 Å². The van der Waals surface area contributed by atoms with Gasteiger partial charge >= 0.3 is 11.9 Å². The van der Waals surface area contributed by atoms with Crippen LogP contribution >= 0.6 is 0 Å². The van der Waals surface area contributed by atoms with Crippen molar-refractivity contribution in [1.82, 2.24) is 0 Å². The predicted octanol–water partition coefficient (Wildman–Crippen LogP) is 6.28. The van der Waals surface area contributed by atoms with Crippen LogP contribution in [0.25, 0.3) is 6.08 Å². The first kappa shape index (κ1) is 24.4. The van der Waals surface area contributed by atoms with E-state index in [4.69, 9.17) is 9.47 Å². The molecule has 0 unspecified atom stereocenters. The second kappa shape index (κ2) is 13.4. The highest BCUT2D eigenvalue weighted by atomic mass is 16.7. The van der Waals surface area contributed by atoms with Crippen molar-refractivity contribution in [3.63, 3.8) is 0 Å². The van der Waals surface area contributed by atoms with E-state index in [-0.39, 0.29) is 0 Å². The zero-order chi connectivity index (χ0) is 22.5. The first-order chi connectivity index (χ1) is 15.0. The Morgan fingerprint density at radius 1 is 0.806 bits per heavy atom. The Morgan fingerprint density at radius 3 is 2.00 bits per heavy atom. The molecule has 0 aromatic heterocycles. The molecule has 0 heterocycles. The van der Waals surface area contributed by atoms with Gasteiger partial charge in [0, 0.05) is 25.8 Å². The van der Waals surface area contributed by atoms with Crippen LogP contribution in [0, 0.1) is 0 Å². The molecule has 0 amide bonds. The molecule has 0 saturated heterocycles. The van der Waals surface area contributed by atoms with Crippen LogP contribution < -0.4 is 0 Å². The molecular formula is C27H34O4. The van der Waals surface area contributed by atoms with E-state index in [0.29, 0.717) is 12.0 Å². The molecule has 0 N–H and O–H groups in total. The molecule has 2 aromatic carbocycles. The second-order valence-corrected chi connectivity index (χ2v) is 7.84. The van der Waals surface area contributed by atoms with Crippen molar-refractivity contribution >= 4 is 18.0 Å². The van der Waals surface area contributed by atoms with Crippen LogP contribution in [-0.2, 0) is 31.9 Å². The summed E-state index contributed by atoms with van der Waals surface area (Å²) >= 11 is 0. The molecular weight excluding hydrogens is 388 g/mol. The fraction of sp³-hybridized carbons (Fsp3) is 0.407. The lowest BCUT2D eigenvalue weighted by Gasteiger charge is -2.20. The van der Waals surface area contributed by atoms with Gasteiger partial charge in [-0.25, -0.2) is 0 Å². The minimum absolute atomic E-state index is 0.497. The summed E-state index contributed by atoms with van der Waals surface area (Å²) in [7, 11) is 0. The van der Waals surface area contributed by atoms with Gasteiger partial charge < -0.3 is 9.47 Å². The molecule has 0 saturated carbocycles. The first-order valence-corrected chi connectivity index (χ1v) is 11.2. The molecule has 0 fully saturated rings. The normalized spacial score (nSPS) is 11.4. The fourth-order valence-electron chi connectivity index (χ4n) is 3.44. The van der Waals surface area contributed by atoms with E-state index in [2.05, 4.69) is 31.2 Å². The molecule has 4 heteroatoms. The zero-order valence-electron chi connectivity index (χ0n) is 18.9. The summed E-state index contributed by atoms with van der Waals surface area (Å²) in [6, 6.07) is 18.2. The van der Waals surface area contributed by atoms with E-state index in [1.54, 1.807) is 0 Å². The summed E-state index contributed by atoms with van der Waals surface area (Å²) < 4.78 is 10.7. The second-order valence-electron chi connectivity index (χ2n) is 7.84. The number of hydrogen-bond donors (Lipinski definition) is 0. The van der Waals surface area contributed by atoms with Crippen molar-refractivity contribution in [3.05, 3.63) is 76.9 Å². The van der Waals surface area contributed by atoms with Crippen molar-refractivity contribution in [3.8, 4) is 0 Å². The van der Waals surface area contributed by atoms with Crippen LogP contribution in [0.1, 0.15) is 69.6 Å². The van der Waals surface area contributed by atoms with Gasteiger partial charge in [-0.2, -0.15) is 0 Å². The number of rotatable bonds is 12. The number of hydrogen-bond acceptors (Lipinski definition) is 4. The lowest BCUT2D eigenvalue weighted by molar-refractivity contribution is -0.178. The Labute approximate surface area is 186 Å². The van der Waals surface area contributed by atoms with Crippen LogP contribution in [0.3, 0.4) is 0 Å². The first-order valence-electron chi connectivity index (χ1n) is 11.2. The number of benzene rings is 2. The van der Waals surface area contributed by atoms with Crippen LogP contribution in [0.2, 0.25) is 0 Å². The summed E-state index contributed by atoms with van der Waals surface area (Å²) in [6.07, 6.45) is 8.81. The van der Waals surface area contributed by atoms with Gasteiger partial charge in [0.05, 0.1) is 0 Å². The van der Waals surface area contributed by atoms with Crippen LogP contribution in [0.4, 0.5) is 0 Å². The highest BCUT2D eigenvalue weighted by Crippen LogP contribution is 2.21. The smallest absolute Gasteiger partial charge is 0.305 e. The quantitative estimate of drug-likeness (QED) is 0.229.